The number of carbonyl (C=O) groups is 1. The Balaban J connectivity index is 1.61. The Hall–Kier alpha value is -2.61. The van der Waals surface area contributed by atoms with Crippen molar-refractivity contribution in [1.82, 2.24) is 24.8 Å². The van der Waals surface area contributed by atoms with Gasteiger partial charge in [-0.1, -0.05) is 42.9 Å². The molecule has 27 heavy (non-hydrogen) atoms. The lowest BCUT2D eigenvalue weighted by Gasteiger charge is -2.15. The van der Waals surface area contributed by atoms with Crippen molar-refractivity contribution in [2.45, 2.75) is 38.4 Å². The minimum absolute atomic E-state index is 0.00893. The van der Waals surface area contributed by atoms with Gasteiger partial charge in [-0.25, -0.2) is 0 Å². The van der Waals surface area contributed by atoms with Crippen LogP contribution in [0.3, 0.4) is 0 Å². The highest BCUT2D eigenvalue weighted by molar-refractivity contribution is 7.99. The van der Waals surface area contributed by atoms with Gasteiger partial charge in [-0.2, -0.15) is 0 Å². The molecular formula is C19H23N5O2S. The second-order valence-corrected chi connectivity index (χ2v) is 7.64. The molecule has 142 valence electrons. The molecule has 0 aliphatic rings. The Labute approximate surface area is 162 Å². The zero-order valence-electron chi connectivity index (χ0n) is 15.9. The third kappa shape index (κ3) is 4.77. The second-order valence-electron chi connectivity index (χ2n) is 6.70. The van der Waals surface area contributed by atoms with Gasteiger partial charge in [0.05, 0.1) is 12.3 Å². The Bertz CT molecular complexity index is 901. The molecule has 0 spiro atoms. The van der Waals surface area contributed by atoms with Crippen LogP contribution in [0.15, 0.2) is 46.3 Å². The van der Waals surface area contributed by atoms with Crippen molar-refractivity contribution < 1.29 is 9.32 Å². The summed E-state index contributed by atoms with van der Waals surface area (Å²) in [4.78, 5) is 14.0. The number of benzene rings is 1. The average Bonchev–Trinajstić information content (AvgIpc) is 3.28. The van der Waals surface area contributed by atoms with Crippen LogP contribution in [0.2, 0.25) is 0 Å². The first-order valence-corrected chi connectivity index (χ1v) is 9.72. The predicted molar refractivity (Wildman–Crippen MR) is 104 cm³/mol. The van der Waals surface area contributed by atoms with Gasteiger partial charge < -0.3 is 9.42 Å². The third-order valence-corrected chi connectivity index (χ3v) is 5.11. The van der Waals surface area contributed by atoms with E-state index in [0.717, 1.165) is 17.1 Å². The van der Waals surface area contributed by atoms with Gasteiger partial charge in [-0.05, 0) is 30.5 Å². The molecule has 1 amide bonds. The lowest BCUT2D eigenvalue weighted by atomic mass is 10.0. The van der Waals surface area contributed by atoms with Crippen LogP contribution in [-0.2, 0) is 11.3 Å². The fourth-order valence-electron chi connectivity index (χ4n) is 2.58. The van der Waals surface area contributed by atoms with Gasteiger partial charge in [-0.15, -0.1) is 10.2 Å². The van der Waals surface area contributed by atoms with Crippen molar-refractivity contribution >= 4 is 17.7 Å². The third-order valence-electron chi connectivity index (χ3n) is 4.18. The summed E-state index contributed by atoms with van der Waals surface area (Å²) >= 11 is 1.37. The molecule has 2 aromatic heterocycles. The van der Waals surface area contributed by atoms with Crippen LogP contribution in [-0.4, -0.2) is 43.5 Å². The predicted octanol–water partition coefficient (Wildman–Crippen LogP) is 3.44. The molecule has 0 saturated carbocycles. The summed E-state index contributed by atoms with van der Waals surface area (Å²) in [5, 5.41) is 12.7. The monoisotopic (exact) mass is 385 g/mol. The molecule has 3 aromatic rings. The van der Waals surface area contributed by atoms with Gasteiger partial charge in [0.15, 0.2) is 5.16 Å². The van der Waals surface area contributed by atoms with E-state index in [0.29, 0.717) is 17.6 Å². The van der Waals surface area contributed by atoms with E-state index < -0.39 is 0 Å². The van der Waals surface area contributed by atoms with Gasteiger partial charge in [0, 0.05) is 18.8 Å². The topological polar surface area (TPSA) is 77.1 Å². The molecule has 3 rings (SSSR count). The maximum absolute atomic E-state index is 12.4. The minimum atomic E-state index is -0.00893. The maximum Gasteiger partial charge on any atom is 0.233 e. The number of thioether (sulfide) groups is 1. The van der Waals surface area contributed by atoms with Gasteiger partial charge in [0.1, 0.15) is 17.8 Å². The fourth-order valence-corrected chi connectivity index (χ4v) is 3.45. The van der Waals surface area contributed by atoms with E-state index in [-0.39, 0.29) is 11.7 Å². The number of aryl methyl sites for hydroxylation is 1. The molecule has 0 N–H and O–H groups in total. The average molecular weight is 385 g/mol. The maximum atomic E-state index is 12.4. The number of amides is 1. The quantitative estimate of drug-likeness (QED) is 0.580. The van der Waals surface area contributed by atoms with Crippen molar-refractivity contribution in [2.24, 2.45) is 0 Å². The molecule has 0 aliphatic carbocycles. The van der Waals surface area contributed by atoms with E-state index >= 15 is 0 Å². The first-order chi connectivity index (χ1) is 12.9. The lowest BCUT2D eigenvalue weighted by molar-refractivity contribution is -0.127. The highest BCUT2D eigenvalue weighted by Gasteiger charge is 2.15. The number of carbonyl (C=O) groups excluding carboxylic acids is 1. The summed E-state index contributed by atoms with van der Waals surface area (Å²) in [6.45, 7) is 6.57. The van der Waals surface area contributed by atoms with E-state index in [4.69, 9.17) is 4.52 Å². The summed E-state index contributed by atoms with van der Waals surface area (Å²) in [6.07, 6.45) is 1.67. The Morgan fingerprint density at radius 3 is 2.67 bits per heavy atom. The Morgan fingerprint density at radius 2 is 2.04 bits per heavy atom. The summed E-state index contributed by atoms with van der Waals surface area (Å²) in [5.41, 5.74) is 2.99. The first kappa shape index (κ1) is 19.2. The molecule has 1 aromatic carbocycles. The fraction of sp³-hybridized carbons (Fsp3) is 0.368. The van der Waals surface area contributed by atoms with E-state index in [1.165, 1.54) is 17.3 Å². The normalized spacial score (nSPS) is 11.1. The molecule has 0 atom stereocenters. The zero-order valence-corrected chi connectivity index (χ0v) is 16.7. The summed E-state index contributed by atoms with van der Waals surface area (Å²) in [7, 11) is 1.75. The lowest BCUT2D eigenvalue weighted by Crippen LogP contribution is -2.28. The standard InChI is InChI=1S/C19H23N5O2S/c1-13(2)15-5-7-17(8-6-15)24-12-20-21-19(24)27-11-18(25)23(4)10-16-9-14(3)26-22-16/h5-9,12-13H,10-11H2,1-4H3. The largest absolute Gasteiger partial charge is 0.361 e. The summed E-state index contributed by atoms with van der Waals surface area (Å²) in [6, 6.07) is 10.1. The van der Waals surface area contributed by atoms with E-state index in [1.54, 1.807) is 18.3 Å². The molecule has 8 heteroatoms. The van der Waals surface area contributed by atoms with E-state index in [1.807, 2.05) is 29.7 Å². The van der Waals surface area contributed by atoms with Crippen molar-refractivity contribution in [1.29, 1.82) is 0 Å². The molecular weight excluding hydrogens is 362 g/mol. The number of hydrogen-bond acceptors (Lipinski definition) is 6. The molecule has 0 fully saturated rings. The van der Waals surface area contributed by atoms with Crippen LogP contribution in [0.1, 0.15) is 36.8 Å². The van der Waals surface area contributed by atoms with Crippen molar-refractivity contribution in [3.05, 3.63) is 53.7 Å². The van der Waals surface area contributed by atoms with E-state index in [9.17, 15) is 4.79 Å². The highest BCUT2D eigenvalue weighted by Crippen LogP contribution is 2.22. The molecule has 0 radical (unpaired) electrons. The van der Waals surface area contributed by atoms with Crippen LogP contribution < -0.4 is 0 Å². The molecule has 0 aliphatic heterocycles. The minimum Gasteiger partial charge on any atom is -0.361 e. The molecule has 0 unspecified atom stereocenters. The van der Waals surface area contributed by atoms with Crippen molar-refractivity contribution in [2.75, 3.05) is 12.8 Å². The number of aromatic nitrogens is 4. The summed E-state index contributed by atoms with van der Waals surface area (Å²) in [5.74, 6) is 1.48. The van der Waals surface area contributed by atoms with Crippen LogP contribution in [0.5, 0.6) is 0 Å². The smallest absolute Gasteiger partial charge is 0.233 e. The number of nitrogens with zero attached hydrogens (tertiary/aromatic N) is 5. The summed E-state index contributed by atoms with van der Waals surface area (Å²) < 4.78 is 6.93. The Kier molecular flexibility index (Phi) is 5.95. The molecule has 0 saturated heterocycles. The van der Waals surface area contributed by atoms with Crippen LogP contribution in [0.4, 0.5) is 0 Å². The van der Waals surface area contributed by atoms with Crippen LogP contribution in [0, 0.1) is 6.92 Å². The van der Waals surface area contributed by atoms with E-state index in [2.05, 4.69) is 41.3 Å². The van der Waals surface area contributed by atoms with Gasteiger partial charge in [0.25, 0.3) is 0 Å². The van der Waals surface area contributed by atoms with Crippen LogP contribution in [0.25, 0.3) is 5.69 Å². The Morgan fingerprint density at radius 1 is 1.30 bits per heavy atom. The first-order valence-electron chi connectivity index (χ1n) is 8.73. The SMILES string of the molecule is Cc1cc(CN(C)C(=O)CSc2nncn2-c2ccc(C(C)C)cc2)no1. The van der Waals surface area contributed by atoms with Crippen molar-refractivity contribution in [3.63, 3.8) is 0 Å². The van der Waals surface area contributed by atoms with Gasteiger partial charge in [0.2, 0.25) is 5.91 Å². The van der Waals surface area contributed by atoms with Gasteiger partial charge >= 0.3 is 0 Å². The van der Waals surface area contributed by atoms with Gasteiger partial charge in [-0.3, -0.25) is 9.36 Å². The number of rotatable bonds is 7. The highest BCUT2D eigenvalue weighted by atomic mass is 32.2. The molecule has 7 nitrogen and oxygen atoms in total. The van der Waals surface area contributed by atoms with Crippen LogP contribution >= 0.6 is 11.8 Å². The van der Waals surface area contributed by atoms with Crippen molar-refractivity contribution in [3.8, 4) is 5.69 Å². The number of hydrogen-bond donors (Lipinski definition) is 0. The second kappa shape index (κ2) is 8.39. The molecule has 2 heterocycles. The molecule has 0 bridgehead atoms. The zero-order chi connectivity index (χ0) is 19.4.